The van der Waals surface area contributed by atoms with E-state index in [1.165, 1.54) is 18.2 Å². The SMILES string of the molecule is Cc1nc(OCCNC(=O)c2ccc([N+](=O)[O-])c(C)c2)cc(N2CCCC2)n1. The van der Waals surface area contributed by atoms with Crippen molar-refractivity contribution in [2.24, 2.45) is 0 Å². The maximum Gasteiger partial charge on any atom is 0.272 e. The molecule has 1 aliphatic rings. The minimum Gasteiger partial charge on any atom is -0.476 e. The van der Waals surface area contributed by atoms with Gasteiger partial charge in [-0.25, -0.2) is 4.98 Å². The molecule has 148 valence electrons. The van der Waals surface area contributed by atoms with Gasteiger partial charge in [-0.15, -0.1) is 0 Å². The first-order valence-electron chi connectivity index (χ1n) is 9.21. The van der Waals surface area contributed by atoms with Gasteiger partial charge in [0.2, 0.25) is 5.88 Å². The normalized spacial score (nSPS) is 13.4. The van der Waals surface area contributed by atoms with Gasteiger partial charge >= 0.3 is 0 Å². The highest BCUT2D eigenvalue weighted by Gasteiger charge is 2.16. The second kappa shape index (κ2) is 8.64. The van der Waals surface area contributed by atoms with Gasteiger partial charge in [-0.05, 0) is 38.8 Å². The number of hydrogen-bond donors (Lipinski definition) is 1. The summed E-state index contributed by atoms with van der Waals surface area (Å²) in [7, 11) is 0. The molecular weight excluding hydrogens is 362 g/mol. The van der Waals surface area contributed by atoms with Gasteiger partial charge in [-0.3, -0.25) is 14.9 Å². The van der Waals surface area contributed by atoms with Gasteiger partial charge in [0.05, 0.1) is 11.5 Å². The number of amides is 1. The van der Waals surface area contributed by atoms with E-state index in [1.54, 1.807) is 6.92 Å². The summed E-state index contributed by atoms with van der Waals surface area (Å²) in [6.07, 6.45) is 2.32. The first-order valence-corrected chi connectivity index (χ1v) is 9.21. The predicted octanol–water partition coefficient (Wildman–Crippen LogP) is 2.41. The Labute approximate surface area is 162 Å². The van der Waals surface area contributed by atoms with Crippen LogP contribution >= 0.6 is 0 Å². The molecular formula is C19H23N5O4. The maximum absolute atomic E-state index is 12.2. The van der Waals surface area contributed by atoms with E-state index in [-0.39, 0.29) is 24.7 Å². The Hall–Kier alpha value is -3.23. The van der Waals surface area contributed by atoms with E-state index >= 15 is 0 Å². The molecule has 0 saturated carbocycles. The first-order chi connectivity index (χ1) is 13.4. The number of nitrogens with one attached hydrogen (secondary N) is 1. The quantitative estimate of drug-likeness (QED) is 0.443. The molecule has 1 aliphatic heterocycles. The molecule has 1 aromatic heterocycles. The molecule has 3 rings (SSSR count). The number of nitro groups is 1. The van der Waals surface area contributed by atoms with Crippen LogP contribution in [0.25, 0.3) is 0 Å². The van der Waals surface area contributed by atoms with E-state index in [1.807, 2.05) is 13.0 Å². The molecule has 1 saturated heterocycles. The molecule has 9 nitrogen and oxygen atoms in total. The highest BCUT2D eigenvalue weighted by atomic mass is 16.6. The van der Waals surface area contributed by atoms with Crippen molar-refractivity contribution in [3.8, 4) is 5.88 Å². The molecule has 28 heavy (non-hydrogen) atoms. The molecule has 0 bridgehead atoms. The summed E-state index contributed by atoms with van der Waals surface area (Å²) in [6, 6.07) is 6.10. The Morgan fingerprint density at radius 3 is 2.68 bits per heavy atom. The first kappa shape index (κ1) is 19.5. The van der Waals surface area contributed by atoms with E-state index in [9.17, 15) is 14.9 Å². The lowest BCUT2D eigenvalue weighted by Gasteiger charge is -2.17. The standard InChI is InChI=1S/C19H23N5O4/c1-13-11-15(5-6-16(13)24(26)27)19(25)20-7-10-28-18-12-17(21-14(2)22-18)23-8-3-4-9-23/h5-6,11-12H,3-4,7-10H2,1-2H3,(H,20,25). The smallest absolute Gasteiger partial charge is 0.272 e. The Balaban J connectivity index is 1.52. The van der Waals surface area contributed by atoms with Crippen molar-refractivity contribution >= 4 is 17.4 Å². The van der Waals surface area contributed by atoms with E-state index in [2.05, 4.69) is 20.2 Å². The highest BCUT2D eigenvalue weighted by molar-refractivity contribution is 5.94. The van der Waals surface area contributed by atoms with E-state index in [4.69, 9.17) is 4.74 Å². The van der Waals surface area contributed by atoms with Crippen molar-refractivity contribution in [1.29, 1.82) is 0 Å². The molecule has 0 spiro atoms. The van der Waals surface area contributed by atoms with E-state index in [0.717, 1.165) is 31.7 Å². The minimum absolute atomic E-state index is 0.00665. The van der Waals surface area contributed by atoms with Gasteiger partial charge in [-0.2, -0.15) is 4.98 Å². The summed E-state index contributed by atoms with van der Waals surface area (Å²) in [6.45, 7) is 5.95. The van der Waals surface area contributed by atoms with Crippen LogP contribution in [0, 0.1) is 24.0 Å². The number of aryl methyl sites for hydroxylation is 2. The molecule has 0 unspecified atom stereocenters. The zero-order chi connectivity index (χ0) is 20.1. The summed E-state index contributed by atoms with van der Waals surface area (Å²) in [5.41, 5.74) is 0.810. The molecule has 2 aromatic rings. The number of ether oxygens (including phenoxy) is 1. The lowest BCUT2D eigenvalue weighted by molar-refractivity contribution is -0.385. The predicted molar refractivity (Wildman–Crippen MR) is 104 cm³/mol. The van der Waals surface area contributed by atoms with Gasteiger partial charge in [-0.1, -0.05) is 0 Å². The third-order valence-electron chi connectivity index (χ3n) is 4.52. The van der Waals surface area contributed by atoms with Crippen molar-refractivity contribution in [3.63, 3.8) is 0 Å². The van der Waals surface area contributed by atoms with Gasteiger partial charge in [0.15, 0.2) is 0 Å². The highest BCUT2D eigenvalue weighted by Crippen LogP contribution is 2.21. The van der Waals surface area contributed by atoms with Crippen molar-refractivity contribution < 1.29 is 14.5 Å². The Morgan fingerprint density at radius 1 is 1.25 bits per heavy atom. The number of carbonyl (C=O) groups is 1. The number of rotatable bonds is 7. The summed E-state index contributed by atoms with van der Waals surface area (Å²) in [5, 5.41) is 13.6. The number of hydrogen-bond acceptors (Lipinski definition) is 7. The lowest BCUT2D eigenvalue weighted by atomic mass is 10.1. The third kappa shape index (κ3) is 4.73. The topological polar surface area (TPSA) is 110 Å². The van der Waals surface area contributed by atoms with Crippen LogP contribution < -0.4 is 15.0 Å². The summed E-state index contributed by atoms with van der Waals surface area (Å²) >= 11 is 0. The fraction of sp³-hybridized carbons (Fsp3) is 0.421. The van der Waals surface area contributed by atoms with Crippen LogP contribution in [0.4, 0.5) is 11.5 Å². The Kier molecular flexibility index (Phi) is 6.03. The second-order valence-corrected chi connectivity index (χ2v) is 6.67. The summed E-state index contributed by atoms with van der Waals surface area (Å²) < 4.78 is 5.67. The molecule has 0 aliphatic carbocycles. The molecule has 1 amide bonds. The fourth-order valence-corrected chi connectivity index (χ4v) is 3.13. The molecule has 0 radical (unpaired) electrons. The van der Waals surface area contributed by atoms with Crippen LogP contribution in [0.5, 0.6) is 5.88 Å². The van der Waals surface area contributed by atoms with Gasteiger partial charge < -0.3 is 15.0 Å². The van der Waals surface area contributed by atoms with E-state index < -0.39 is 4.92 Å². The number of nitro benzene ring substituents is 1. The van der Waals surface area contributed by atoms with Gasteiger partial charge in [0.1, 0.15) is 18.2 Å². The number of benzene rings is 1. The van der Waals surface area contributed by atoms with Crippen molar-refractivity contribution in [2.75, 3.05) is 31.1 Å². The van der Waals surface area contributed by atoms with Crippen LogP contribution in [-0.4, -0.2) is 47.0 Å². The van der Waals surface area contributed by atoms with Crippen molar-refractivity contribution in [3.05, 3.63) is 51.3 Å². The van der Waals surface area contributed by atoms with Crippen LogP contribution in [0.15, 0.2) is 24.3 Å². The number of aromatic nitrogens is 2. The Bertz CT molecular complexity index is 881. The molecule has 1 fully saturated rings. The number of carbonyl (C=O) groups excluding carboxylic acids is 1. The van der Waals surface area contributed by atoms with Gasteiger partial charge in [0.25, 0.3) is 11.6 Å². The summed E-state index contributed by atoms with van der Waals surface area (Å²) in [4.78, 5) is 33.5. The fourth-order valence-electron chi connectivity index (χ4n) is 3.13. The number of anilines is 1. The van der Waals surface area contributed by atoms with Crippen molar-refractivity contribution in [1.82, 2.24) is 15.3 Å². The molecule has 1 N–H and O–H groups in total. The molecule has 1 aromatic carbocycles. The van der Waals surface area contributed by atoms with Crippen molar-refractivity contribution in [2.45, 2.75) is 26.7 Å². The van der Waals surface area contributed by atoms with Crippen LogP contribution in [0.2, 0.25) is 0 Å². The lowest BCUT2D eigenvalue weighted by Crippen LogP contribution is -2.28. The van der Waals surface area contributed by atoms with Gasteiger partial charge in [0, 0.05) is 36.3 Å². The average molecular weight is 385 g/mol. The zero-order valence-corrected chi connectivity index (χ0v) is 16.0. The minimum atomic E-state index is -0.467. The second-order valence-electron chi connectivity index (χ2n) is 6.67. The number of nitrogens with zero attached hydrogens (tertiary/aromatic N) is 4. The van der Waals surface area contributed by atoms with Crippen LogP contribution in [-0.2, 0) is 0 Å². The Morgan fingerprint density at radius 2 is 2.00 bits per heavy atom. The zero-order valence-electron chi connectivity index (χ0n) is 16.0. The third-order valence-corrected chi connectivity index (χ3v) is 4.52. The van der Waals surface area contributed by atoms with Crippen LogP contribution in [0.3, 0.4) is 0 Å². The molecule has 2 heterocycles. The largest absolute Gasteiger partial charge is 0.476 e. The van der Waals surface area contributed by atoms with Crippen LogP contribution in [0.1, 0.15) is 34.6 Å². The maximum atomic E-state index is 12.2. The summed E-state index contributed by atoms with van der Waals surface area (Å²) in [5.74, 6) is 1.68. The van der Waals surface area contributed by atoms with E-state index in [0.29, 0.717) is 22.8 Å². The molecule has 0 atom stereocenters. The molecule has 9 heteroatoms. The monoisotopic (exact) mass is 385 g/mol. The average Bonchev–Trinajstić information content (AvgIpc) is 3.19.